The molecule has 1 aliphatic heterocycles. The zero-order valence-corrected chi connectivity index (χ0v) is 8.11. The van der Waals surface area contributed by atoms with E-state index in [9.17, 15) is 0 Å². The molecule has 1 aliphatic carbocycles. The van der Waals surface area contributed by atoms with Gasteiger partial charge in [-0.25, -0.2) is 0 Å². The molecule has 68 valence electrons. The Kier molecular flexibility index (Phi) is 1.43. The van der Waals surface area contributed by atoms with Crippen molar-refractivity contribution in [2.24, 2.45) is 0 Å². The average molecular weight is 173 g/mol. The highest BCUT2D eigenvalue weighted by molar-refractivity contribution is 5.63. The minimum Gasteiger partial charge on any atom is -0.384 e. The fraction of sp³-hybridized carbons (Fsp3) is 0.500. The zero-order chi connectivity index (χ0) is 8.84. The molecule has 0 unspecified atom stereocenters. The van der Waals surface area contributed by atoms with E-state index in [1.54, 1.807) is 22.3 Å². The van der Waals surface area contributed by atoms with Crippen LogP contribution < -0.4 is 5.32 Å². The molecule has 1 heteroatoms. The van der Waals surface area contributed by atoms with Gasteiger partial charge in [0.05, 0.1) is 0 Å². The van der Waals surface area contributed by atoms with Crippen LogP contribution in [0.25, 0.3) is 0 Å². The number of anilines is 1. The zero-order valence-electron chi connectivity index (χ0n) is 8.11. The third-order valence-corrected chi connectivity index (χ3v) is 3.50. The average Bonchev–Trinajstić information content (AvgIpc) is 2.71. The van der Waals surface area contributed by atoms with Crippen LogP contribution in [0.4, 0.5) is 5.69 Å². The van der Waals surface area contributed by atoms with E-state index in [4.69, 9.17) is 0 Å². The van der Waals surface area contributed by atoms with E-state index in [2.05, 4.69) is 18.3 Å². The van der Waals surface area contributed by atoms with Crippen LogP contribution in [0.5, 0.6) is 0 Å². The maximum atomic E-state index is 3.47. The van der Waals surface area contributed by atoms with Crippen molar-refractivity contribution >= 4 is 5.69 Å². The molecule has 0 amide bonds. The molecule has 0 aromatic heterocycles. The summed E-state index contributed by atoms with van der Waals surface area (Å²) < 4.78 is 0. The highest BCUT2D eigenvalue weighted by Gasteiger charge is 2.20. The Hall–Kier alpha value is -0.980. The Morgan fingerprint density at radius 2 is 2.08 bits per heavy atom. The van der Waals surface area contributed by atoms with Crippen LogP contribution in [0, 0.1) is 6.92 Å². The van der Waals surface area contributed by atoms with Gasteiger partial charge in [0.2, 0.25) is 0 Å². The largest absolute Gasteiger partial charge is 0.384 e. The van der Waals surface area contributed by atoms with Crippen LogP contribution in [0.15, 0.2) is 6.07 Å². The van der Waals surface area contributed by atoms with Crippen molar-refractivity contribution in [1.82, 2.24) is 0 Å². The van der Waals surface area contributed by atoms with E-state index in [-0.39, 0.29) is 0 Å². The second-order valence-electron chi connectivity index (χ2n) is 4.20. The van der Waals surface area contributed by atoms with Crippen molar-refractivity contribution < 1.29 is 0 Å². The molecule has 1 nitrogen and oxygen atoms in total. The first-order valence-electron chi connectivity index (χ1n) is 5.24. The van der Waals surface area contributed by atoms with Crippen molar-refractivity contribution in [2.75, 3.05) is 11.9 Å². The molecule has 0 fully saturated rings. The summed E-state index contributed by atoms with van der Waals surface area (Å²) in [6, 6.07) is 2.39. The highest BCUT2D eigenvalue weighted by Crippen LogP contribution is 2.34. The lowest BCUT2D eigenvalue weighted by atomic mass is 9.97. The van der Waals surface area contributed by atoms with Gasteiger partial charge in [-0.1, -0.05) is 0 Å². The van der Waals surface area contributed by atoms with Crippen molar-refractivity contribution in [3.8, 4) is 0 Å². The Labute approximate surface area is 79.2 Å². The number of benzene rings is 1. The number of nitrogens with one attached hydrogen (secondary N) is 1. The van der Waals surface area contributed by atoms with E-state index < -0.39 is 0 Å². The minimum absolute atomic E-state index is 1.14. The molecule has 2 aliphatic rings. The third kappa shape index (κ3) is 0.932. The molecule has 1 aromatic rings. The standard InChI is InChI=1S/C12H15N/c1-8-10-4-2-3-9(10)7-12-11(8)5-6-13-12/h7,13H,2-6H2,1H3. The summed E-state index contributed by atoms with van der Waals surface area (Å²) in [5, 5.41) is 3.47. The predicted octanol–water partition coefficient (Wildman–Crippen LogP) is 2.45. The van der Waals surface area contributed by atoms with Crippen molar-refractivity contribution in [2.45, 2.75) is 32.6 Å². The second-order valence-corrected chi connectivity index (χ2v) is 4.20. The molecule has 1 aromatic carbocycles. The van der Waals surface area contributed by atoms with Gasteiger partial charge in [-0.15, -0.1) is 0 Å². The summed E-state index contributed by atoms with van der Waals surface area (Å²) in [4.78, 5) is 0. The normalized spacial score (nSPS) is 18.2. The Morgan fingerprint density at radius 3 is 3.00 bits per heavy atom. The van der Waals surface area contributed by atoms with E-state index in [0.717, 1.165) is 6.54 Å². The van der Waals surface area contributed by atoms with Gasteiger partial charge in [0.25, 0.3) is 0 Å². The fourth-order valence-corrected chi connectivity index (χ4v) is 2.80. The summed E-state index contributed by atoms with van der Waals surface area (Å²) >= 11 is 0. The second kappa shape index (κ2) is 2.50. The molecule has 0 atom stereocenters. The van der Waals surface area contributed by atoms with Gasteiger partial charge >= 0.3 is 0 Å². The van der Waals surface area contributed by atoms with Crippen molar-refractivity contribution in [3.05, 3.63) is 28.3 Å². The van der Waals surface area contributed by atoms with Gasteiger partial charge in [0.15, 0.2) is 0 Å². The van der Waals surface area contributed by atoms with Crippen LogP contribution in [-0.4, -0.2) is 6.54 Å². The first-order valence-corrected chi connectivity index (χ1v) is 5.24. The lowest BCUT2D eigenvalue weighted by molar-refractivity contribution is 0.907. The molecule has 1 heterocycles. The maximum absolute atomic E-state index is 3.47. The molecule has 0 saturated carbocycles. The molecule has 13 heavy (non-hydrogen) atoms. The summed E-state index contributed by atoms with van der Waals surface area (Å²) in [6.45, 7) is 3.44. The van der Waals surface area contributed by atoms with Crippen LogP contribution in [0.2, 0.25) is 0 Å². The molecule has 1 N–H and O–H groups in total. The topological polar surface area (TPSA) is 12.0 Å². The molecule has 0 saturated heterocycles. The van der Waals surface area contributed by atoms with Crippen LogP contribution in [0.1, 0.15) is 28.7 Å². The summed E-state index contributed by atoms with van der Waals surface area (Å²) in [5.41, 5.74) is 7.84. The maximum Gasteiger partial charge on any atom is 0.0379 e. The SMILES string of the molecule is Cc1c2c(cc3c1CCN3)CCC2. The summed E-state index contributed by atoms with van der Waals surface area (Å²) in [7, 11) is 0. The number of aryl methyl sites for hydroxylation is 1. The Morgan fingerprint density at radius 1 is 1.15 bits per heavy atom. The van der Waals surface area contributed by atoms with Crippen LogP contribution in [0.3, 0.4) is 0 Å². The predicted molar refractivity (Wildman–Crippen MR) is 55.4 cm³/mol. The van der Waals surface area contributed by atoms with Gasteiger partial charge in [-0.05, 0) is 60.9 Å². The number of hydrogen-bond acceptors (Lipinski definition) is 1. The van der Waals surface area contributed by atoms with Gasteiger partial charge in [0.1, 0.15) is 0 Å². The molecular weight excluding hydrogens is 158 g/mol. The van der Waals surface area contributed by atoms with Gasteiger partial charge in [-0.2, -0.15) is 0 Å². The first kappa shape index (κ1) is 7.43. The molecule has 0 bridgehead atoms. The molecule has 3 rings (SSSR count). The lowest BCUT2D eigenvalue weighted by Gasteiger charge is -2.09. The van der Waals surface area contributed by atoms with E-state index >= 15 is 0 Å². The number of rotatable bonds is 0. The van der Waals surface area contributed by atoms with E-state index in [1.165, 1.54) is 31.4 Å². The number of hydrogen-bond donors (Lipinski definition) is 1. The monoisotopic (exact) mass is 173 g/mol. The van der Waals surface area contributed by atoms with Crippen LogP contribution in [-0.2, 0) is 19.3 Å². The highest BCUT2D eigenvalue weighted by atomic mass is 14.9. The molecule has 0 radical (unpaired) electrons. The van der Waals surface area contributed by atoms with Gasteiger partial charge < -0.3 is 5.32 Å². The van der Waals surface area contributed by atoms with E-state index in [0.29, 0.717) is 0 Å². The van der Waals surface area contributed by atoms with Gasteiger partial charge in [0, 0.05) is 12.2 Å². The fourth-order valence-electron chi connectivity index (χ4n) is 2.80. The molecular formula is C12H15N. The van der Waals surface area contributed by atoms with E-state index in [1.807, 2.05) is 0 Å². The van der Waals surface area contributed by atoms with Crippen molar-refractivity contribution in [3.63, 3.8) is 0 Å². The molecule has 0 spiro atoms. The van der Waals surface area contributed by atoms with Crippen LogP contribution >= 0.6 is 0 Å². The van der Waals surface area contributed by atoms with Crippen molar-refractivity contribution in [1.29, 1.82) is 0 Å². The smallest absolute Gasteiger partial charge is 0.0379 e. The Balaban J connectivity index is 2.26. The third-order valence-electron chi connectivity index (χ3n) is 3.50. The minimum atomic E-state index is 1.14. The lowest BCUT2D eigenvalue weighted by Crippen LogP contribution is -1.93. The first-order chi connectivity index (χ1) is 6.36. The quantitative estimate of drug-likeness (QED) is 0.635. The Bertz CT molecular complexity index is 334. The van der Waals surface area contributed by atoms with Gasteiger partial charge in [-0.3, -0.25) is 0 Å². The number of fused-ring (bicyclic) bond motifs is 2. The summed E-state index contributed by atoms with van der Waals surface area (Å²) in [5.74, 6) is 0. The summed E-state index contributed by atoms with van der Waals surface area (Å²) in [6.07, 6.45) is 5.20.